The van der Waals surface area contributed by atoms with Crippen molar-refractivity contribution in [1.29, 1.82) is 0 Å². The molecule has 0 heterocycles. The predicted octanol–water partition coefficient (Wildman–Crippen LogP) is 5.14. The van der Waals surface area contributed by atoms with Gasteiger partial charge in [0.25, 0.3) is 0 Å². The Labute approximate surface area is 105 Å². The minimum absolute atomic E-state index is 0.0732. The lowest BCUT2D eigenvalue weighted by molar-refractivity contribution is 0.221. The summed E-state index contributed by atoms with van der Waals surface area (Å²) < 4.78 is 14.1. The summed E-state index contributed by atoms with van der Waals surface area (Å²) >= 11 is 0. The van der Waals surface area contributed by atoms with Gasteiger partial charge in [0.1, 0.15) is 5.67 Å². The molecule has 1 rings (SSSR count). The van der Waals surface area contributed by atoms with Crippen LogP contribution in [0, 0.1) is 0 Å². The summed E-state index contributed by atoms with van der Waals surface area (Å²) in [5.41, 5.74) is 2.09. The van der Waals surface area contributed by atoms with E-state index in [0.29, 0.717) is 0 Å². The van der Waals surface area contributed by atoms with Gasteiger partial charge in [-0.25, -0.2) is 4.39 Å². The summed E-state index contributed by atoms with van der Waals surface area (Å²) in [6.45, 7) is 11.9. The molecule has 0 saturated carbocycles. The Hall–Kier alpha value is -0.850. The van der Waals surface area contributed by atoms with E-state index in [0.717, 1.165) is 18.4 Å². The van der Waals surface area contributed by atoms with Crippen molar-refractivity contribution in [2.75, 3.05) is 0 Å². The number of rotatable bonds is 3. The van der Waals surface area contributed by atoms with Crippen molar-refractivity contribution in [3.8, 4) is 0 Å². The van der Waals surface area contributed by atoms with Crippen molar-refractivity contribution in [3.05, 3.63) is 34.9 Å². The minimum Gasteiger partial charge on any atom is -0.239 e. The van der Waals surface area contributed by atoms with E-state index in [9.17, 15) is 4.39 Å². The standard InChI is InChI=1S/C16H25F/c1-7-8-12-9-13(15(2,3)4)11-14(10-12)16(5,6)17/h9-11H,7-8H2,1-6H3. The summed E-state index contributed by atoms with van der Waals surface area (Å²) in [7, 11) is 0. The number of halogens is 1. The minimum atomic E-state index is -1.26. The van der Waals surface area contributed by atoms with Gasteiger partial charge < -0.3 is 0 Å². The molecule has 96 valence electrons. The maximum atomic E-state index is 14.1. The van der Waals surface area contributed by atoms with Gasteiger partial charge >= 0.3 is 0 Å². The number of benzene rings is 1. The Bertz CT molecular complexity index is 345. The lowest BCUT2D eigenvalue weighted by Crippen LogP contribution is -2.16. The van der Waals surface area contributed by atoms with Crippen LogP contribution in [0.4, 0.5) is 4.39 Å². The molecule has 0 saturated heterocycles. The maximum Gasteiger partial charge on any atom is 0.130 e. The second-order valence-electron chi connectivity index (χ2n) is 6.39. The molecule has 1 heteroatoms. The molecule has 0 fully saturated rings. The molecule has 0 bridgehead atoms. The van der Waals surface area contributed by atoms with Gasteiger partial charge in [-0.3, -0.25) is 0 Å². The van der Waals surface area contributed by atoms with Crippen LogP contribution in [0.5, 0.6) is 0 Å². The van der Waals surface area contributed by atoms with E-state index < -0.39 is 5.67 Å². The van der Waals surface area contributed by atoms with Crippen LogP contribution >= 0.6 is 0 Å². The highest BCUT2D eigenvalue weighted by atomic mass is 19.1. The largest absolute Gasteiger partial charge is 0.239 e. The molecule has 0 amide bonds. The fraction of sp³-hybridized carbons (Fsp3) is 0.625. The van der Waals surface area contributed by atoms with Crippen molar-refractivity contribution in [1.82, 2.24) is 0 Å². The van der Waals surface area contributed by atoms with Gasteiger partial charge in [-0.1, -0.05) is 52.3 Å². The van der Waals surface area contributed by atoms with E-state index >= 15 is 0 Å². The van der Waals surface area contributed by atoms with E-state index in [1.807, 2.05) is 12.1 Å². The number of aryl methyl sites for hydroxylation is 1. The summed E-state index contributed by atoms with van der Waals surface area (Å²) in [5, 5.41) is 0. The Morgan fingerprint density at radius 2 is 1.47 bits per heavy atom. The Morgan fingerprint density at radius 1 is 0.941 bits per heavy atom. The zero-order valence-electron chi connectivity index (χ0n) is 12.0. The van der Waals surface area contributed by atoms with Crippen LogP contribution in [0.2, 0.25) is 0 Å². The lowest BCUT2D eigenvalue weighted by atomic mass is 9.82. The zero-order valence-corrected chi connectivity index (χ0v) is 12.0. The molecule has 0 nitrogen and oxygen atoms in total. The van der Waals surface area contributed by atoms with Gasteiger partial charge in [-0.05, 0) is 42.4 Å². The van der Waals surface area contributed by atoms with Crippen molar-refractivity contribution in [3.63, 3.8) is 0 Å². The average molecular weight is 236 g/mol. The molecule has 0 aromatic heterocycles. The van der Waals surface area contributed by atoms with Crippen LogP contribution in [0.3, 0.4) is 0 Å². The number of hydrogen-bond acceptors (Lipinski definition) is 0. The maximum absolute atomic E-state index is 14.1. The molecule has 0 aliphatic rings. The molecule has 0 radical (unpaired) electrons. The van der Waals surface area contributed by atoms with E-state index in [2.05, 4.69) is 33.8 Å². The molecule has 17 heavy (non-hydrogen) atoms. The van der Waals surface area contributed by atoms with E-state index in [4.69, 9.17) is 0 Å². The Kier molecular flexibility index (Phi) is 4.01. The first-order chi connectivity index (χ1) is 7.64. The summed E-state index contributed by atoms with van der Waals surface area (Å²) in [4.78, 5) is 0. The summed E-state index contributed by atoms with van der Waals surface area (Å²) in [6, 6.07) is 6.25. The van der Waals surface area contributed by atoms with E-state index in [1.165, 1.54) is 11.1 Å². The van der Waals surface area contributed by atoms with E-state index in [1.54, 1.807) is 13.8 Å². The van der Waals surface area contributed by atoms with Gasteiger partial charge in [-0.15, -0.1) is 0 Å². The third-order valence-electron chi connectivity index (χ3n) is 3.08. The normalized spacial score (nSPS) is 12.9. The summed E-state index contributed by atoms with van der Waals surface area (Å²) in [6.07, 6.45) is 2.12. The molecule has 1 aromatic rings. The molecule has 0 spiro atoms. The van der Waals surface area contributed by atoms with Gasteiger partial charge in [0.2, 0.25) is 0 Å². The van der Waals surface area contributed by atoms with Crippen LogP contribution in [-0.2, 0) is 17.5 Å². The molecule has 0 N–H and O–H groups in total. The Morgan fingerprint density at radius 3 is 1.88 bits per heavy atom. The molecular formula is C16H25F. The predicted molar refractivity (Wildman–Crippen MR) is 73.3 cm³/mol. The quantitative estimate of drug-likeness (QED) is 0.681. The molecule has 0 atom stereocenters. The highest BCUT2D eigenvalue weighted by Gasteiger charge is 2.23. The van der Waals surface area contributed by atoms with Crippen LogP contribution in [0.25, 0.3) is 0 Å². The van der Waals surface area contributed by atoms with Crippen LogP contribution in [0.1, 0.15) is 64.7 Å². The van der Waals surface area contributed by atoms with Crippen molar-refractivity contribution >= 4 is 0 Å². The fourth-order valence-electron chi connectivity index (χ4n) is 1.90. The fourth-order valence-corrected chi connectivity index (χ4v) is 1.90. The zero-order chi connectivity index (χ0) is 13.3. The number of hydrogen-bond donors (Lipinski definition) is 0. The van der Waals surface area contributed by atoms with Crippen molar-refractivity contribution in [2.45, 2.75) is 65.5 Å². The lowest BCUT2D eigenvalue weighted by Gasteiger charge is -2.24. The molecule has 0 unspecified atom stereocenters. The first-order valence-corrected chi connectivity index (χ1v) is 6.48. The topological polar surface area (TPSA) is 0 Å². The van der Waals surface area contributed by atoms with Gasteiger partial charge in [0, 0.05) is 0 Å². The molecule has 0 aliphatic heterocycles. The van der Waals surface area contributed by atoms with Gasteiger partial charge in [0.05, 0.1) is 0 Å². The Balaban J connectivity index is 3.29. The third kappa shape index (κ3) is 3.83. The van der Waals surface area contributed by atoms with Crippen LogP contribution in [0.15, 0.2) is 18.2 Å². The highest BCUT2D eigenvalue weighted by Crippen LogP contribution is 2.31. The SMILES string of the molecule is CCCc1cc(C(C)(C)C)cc(C(C)(C)F)c1. The third-order valence-corrected chi connectivity index (χ3v) is 3.08. The van der Waals surface area contributed by atoms with Crippen LogP contribution < -0.4 is 0 Å². The molecule has 1 aromatic carbocycles. The summed E-state index contributed by atoms with van der Waals surface area (Å²) in [5.74, 6) is 0. The highest BCUT2D eigenvalue weighted by molar-refractivity contribution is 5.36. The molecule has 0 aliphatic carbocycles. The first-order valence-electron chi connectivity index (χ1n) is 6.48. The van der Waals surface area contributed by atoms with Gasteiger partial charge in [-0.2, -0.15) is 0 Å². The van der Waals surface area contributed by atoms with Crippen molar-refractivity contribution in [2.24, 2.45) is 0 Å². The smallest absolute Gasteiger partial charge is 0.130 e. The van der Waals surface area contributed by atoms with Crippen molar-refractivity contribution < 1.29 is 4.39 Å². The second kappa shape index (κ2) is 4.80. The average Bonchev–Trinajstić information content (AvgIpc) is 2.15. The monoisotopic (exact) mass is 236 g/mol. The van der Waals surface area contributed by atoms with Crippen LogP contribution in [-0.4, -0.2) is 0 Å². The number of alkyl halides is 1. The van der Waals surface area contributed by atoms with E-state index in [-0.39, 0.29) is 5.41 Å². The molecular weight excluding hydrogens is 211 g/mol. The first kappa shape index (κ1) is 14.2. The second-order valence-corrected chi connectivity index (χ2v) is 6.39. The van der Waals surface area contributed by atoms with Gasteiger partial charge in [0.15, 0.2) is 0 Å².